The van der Waals surface area contributed by atoms with E-state index in [1.165, 1.54) is 19.9 Å². The Hall–Kier alpha value is -1.01. The fourth-order valence-electron chi connectivity index (χ4n) is 1.01. The van der Waals surface area contributed by atoms with Crippen molar-refractivity contribution in [2.45, 2.75) is 25.6 Å². The predicted molar refractivity (Wildman–Crippen MR) is 57.3 cm³/mol. The van der Waals surface area contributed by atoms with Gasteiger partial charge in [0.1, 0.15) is 11.6 Å². The highest BCUT2D eigenvalue weighted by Gasteiger charge is 2.15. The van der Waals surface area contributed by atoms with Gasteiger partial charge in [-0.3, -0.25) is 0 Å². The minimum atomic E-state index is -3.43. The van der Waals surface area contributed by atoms with Crippen LogP contribution >= 0.6 is 0 Å². The van der Waals surface area contributed by atoms with Crippen LogP contribution < -0.4 is 4.72 Å². The molecule has 1 aromatic rings. The third-order valence-corrected chi connectivity index (χ3v) is 3.89. The summed E-state index contributed by atoms with van der Waals surface area (Å²) >= 11 is 0. The Labute approximate surface area is 93.5 Å². The maximum absolute atomic E-state index is 13.2. The Bertz CT molecular complexity index is 472. The minimum Gasteiger partial charge on any atom is -0.212 e. The first-order valence-corrected chi connectivity index (χ1v) is 6.30. The van der Waals surface area contributed by atoms with E-state index in [1.807, 2.05) is 0 Å². The van der Waals surface area contributed by atoms with Crippen LogP contribution in [0.5, 0.6) is 0 Å². The Morgan fingerprint density at radius 2 is 1.94 bits per heavy atom. The maximum Gasteiger partial charge on any atom is 0.214 e. The van der Waals surface area contributed by atoms with Gasteiger partial charge in [-0.1, -0.05) is 6.07 Å². The van der Waals surface area contributed by atoms with Gasteiger partial charge in [0, 0.05) is 18.2 Å². The third kappa shape index (κ3) is 3.24. The number of hydrogen-bond donors (Lipinski definition) is 1. The zero-order valence-electron chi connectivity index (χ0n) is 9.00. The molecule has 0 aliphatic heterocycles. The molecule has 0 bridgehead atoms. The zero-order chi connectivity index (χ0) is 12.3. The average molecular weight is 249 g/mol. The molecule has 1 rings (SSSR count). The number of halogens is 2. The van der Waals surface area contributed by atoms with Gasteiger partial charge in [-0.05, 0) is 19.9 Å². The number of nitrogens with one attached hydrogen (secondary N) is 1. The molecule has 1 N–H and O–H groups in total. The SMILES string of the molecule is CC(C)S(=O)(=O)NCc1ccc(F)cc1F. The van der Waals surface area contributed by atoms with Crippen LogP contribution in [0.4, 0.5) is 8.78 Å². The molecule has 3 nitrogen and oxygen atoms in total. The lowest BCUT2D eigenvalue weighted by Gasteiger charge is -2.09. The number of sulfonamides is 1. The van der Waals surface area contributed by atoms with Crippen molar-refractivity contribution in [2.24, 2.45) is 0 Å². The van der Waals surface area contributed by atoms with Gasteiger partial charge in [-0.15, -0.1) is 0 Å². The summed E-state index contributed by atoms with van der Waals surface area (Å²) in [5.74, 6) is -1.44. The lowest BCUT2D eigenvalue weighted by Crippen LogP contribution is -2.30. The molecule has 0 amide bonds. The van der Waals surface area contributed by atoms with Crippen molar-refractivity contribution >= 4 is 10.0 Å². The van der Waals surface area contributed by atoms with E-state index >= 15 is 0 Å². The molecule has 0 aliphatic carbocycles. The van der Waals surface area contributed by atoms with Crippen LogP contribution in [-0.2, 0) is 16.6 Å². The molecule has 0 aliphatic rings. The summed E-state index contributed by atoms with van der Waals surface area (Å²) in [5, 5.41) is -0.587. The summed E-state index contributed by atoms with van der Waals surface area (Å²) in [6.07, 6.45) is 0. The van der Waals surface area contributed by atoms with Gasteiger partial charge < -0.3 is 0 Å². The highest BCUT2D eigenvalue weighted by molar-refractivity contribution is 7.90. The second kappa shape index (κ2) is 4.88. The zero-order valence-corrected chi connectivity index (χ0v) is 9.81. The molecule has 0 spiro atoms. The van der Waals surface area contributed by atoms with Crippen molar-refractivity contribution in [1.82, 2.24) is 4.72 Å². The van der Waals surface area contributed by atoms with Crippen LogP contribution in [0.3, 0.4) is 0 Å². The first kappa shape index (κ1) is 13.1. The number of rotatable bonds is 4. The highest BCUT2D eigenvalue weighted by Crippen LogP contribution is 2.10. The van der Waals surface area contributed by atoms with Gasteiger partial charge in [-0.25, -0.2) is 21.9 Å². The lowest BCUT2D eigenvalue weighted by molar-refractivity contribution is 0.558. The van der Waals surface area contributed by atoms with Crippen LogP contribution in [0.2, 0.25) is 0 Å². The molecule has 0 aromatic heterocycles. The first-order valence-electron chi connectivity index (χ1n) is 4.75. The van der Waals surface area contributed by atoms with E-state index in [0.29, 0.717) is 0 Å². The molecule has 16 heavy (non-hydrogen) atoms. The van der Waals surface area contributed by atoms with E-state index in [0.717, 1.165) is 12.1 Å². The molecule has 6 heteroatoms. The summed E-state index contributed by atoms with van der Waals surface area (Å²) in [6, 6.07) is 3.02. The molecule has 1 aromatic carbocycles. The van der Waals surface area contributed by atoms with E-state index in [1.54, 1.807) is 0 Å². The average Bonchev–Trinajstić information content (AvgIpc) is 2.16. The topological polar surface area (TPSA) is 46.2 Å². The second-order valence-electron chi connectivity index (χ2n) is 3.65. The second-order valence-corrected chi connectivity index (χ2v) is 5.97. The van der Waals surface area contributed by atoms with Crippen LogP contribution in [-0.4, -0.2) is 13.7 Å². The Kier molecular flexibility index (Phi) is 3.98. The van der Waals surface area contributed by atoms with Gasteiger partial charge in [0.2, 0.25) is 10.0 Å². The molecule has 0 saturated carbocycles. The first-order chi connectivity index (χ1) is 7.33. The van der Waals surface area contributed by atoms with Crippen LogP contribution in [0.25, 0.3) is 0 Å². The van der Waals surface area contributed by atoms with Crippen molar-refractivity contribution in [3.63, 3.8) is 0 Å². The monoisotopic (exact) mass is 249 g/mol. The van der Waals surface area contributed by atoms with Gasteiger partial charge in [0.15, 0.2) is 0 Å². The Morgan fingerprint density at radius 3 is 2.44 bits per heavy atom. The van der Waals surface area contributed by atoms with Crippen molar-refractivity contribution in [3.8, 4) is 0 Å². The molecule has 0 saturated heterocycles. The summed E-state index contributed by atoms with van der Waals surface area (Å²) in [6.45, 7) is 2.86. The van der Waals surface area contributed by atoms with E-state index < -0.39 is 26.9 Å². The quantitative estimate of drug-likeness (QED) is 0.884. The molecule has 0 unspecified atom stereocenters. The van der Waals surface area contributed by atoms with Crippen LogP contribution in [0.15, 0.2) is 18.2 Å². The fraction of sp³-hybridized carbons (Fsp3) is 0.400. The largest absolute Gasteiger partial charge is 0.214 e. The van der Waals surface area contributed by atoms with E-state index in [9.17, 15) is 17.2 Å². The molecular weight excluding hydrogens is 236 g/mol. The van der Waals surface area contributed by atoms with Gasteiger partial charge >= 0.3 is 0 Å². The highest BCUT2D eigenvalue weighted by atomic mass is 32.2. The normalized spacial score (nSPS) is 12.1. The predicted octanol–water partition coefficient (Wildman–Crippen LogP) is 1.79. The minimum absolute atomic E-state index is 0.116. The standard InChI is InChI=1S/C10H13F2NO2S/c1-7(2)16(14,15)13-6-8-3-4-9(11)5-10(8)12/h3-5,7,13H,6H2,1-2H3. The van der Waals surface area contributed by atoms with Crippen LogP contribution in [0.1, 0.15) is 19.4 Å². The number of benzene rings is 1. The van der Waals surface area contributed by atoms with Gasteiger partial charge in [-0.2, -0.15) is 0 Å². The molecule has 90 valence electrons. The van der Waals surface area contributed by atoms with Crippen molar-refractivity contribution in [2.75, 3.05) is 0 Å². The van der Waals surface area contributed by atoms with Crippen LogP contribution in [0, 0.1) is 11.6 Å². The summed E-state index contributed by atoms with van der Waals surface area (Å²) in [5.41, 5.74) is 0.116. The summed E-state index contributed by atoms with van der Waals surface area (Å²) < 4.78 is 50.7. The van der Waals surface area contributed by atoms with Crippen molar-refractivity contribution in [1.29, 1.82) is 0 Å². The maximum atomic E-state index is 13.2. The van der Waals surface area contributed by atoms with Gasteiger partial charge in [0.05, 0.1) is 5.25 Å². The molecular formula is C10H13F2NO2S. The van der Waals surface area contributed by atoms with E-state index in [-0.39, 0.29) is 12.1 Å². The van der Waals surface area contributed by atoms with Crippen molar-refractivity contribution in [3.05, 3.63) is 35.4 Å². The Morgan fingerprint density at radius 1 is 1.31 bits per heavy atom. The van der Waals surface area contributed by atoms with Gasteiger partial charge in [0.25, 0.3) is 0 Å². The molecule has 0 radical (unpaired) electrons. The van der Waals surface area contributed by atoms with Crippen molar-refractivity contribution < 1.29 is 17.2 Å². The fourth-order valence-corrected chi connectivity index (χ4v) is 1.70. The smallest absolute Gasteiger partial charge is 0.212 e. The summed E-state index contributed by atoms with van der Waals surface area (Å²) in [4.78, 5) is 0. The molecule has 0 atom stereocenters. The Balaban J connectivity index is 2.76. The van der Waals surface area contributed by atoms with E-state index in [2.05, 4.69) is 4.72 Å². The lowest BCUT2D eigenvalue weighted by atomic mass is 10.2. The molecule has 0 heterocycles. The third-order valence-electron chi connectivity index (χ3n) is 2.10. The molecule has 0 fully saturated rings. The summed E-state index contributed by atoms with van der Waals surface area (Å²) in [7, 11) is -3.43. The number of hydrogen-bond acceptors (Lipinski definition) is 2. The van der Waals surface area contributed by atoms with E-state index in [4.69, 9.17) is 0 Å².